The molecule has 4 nitrogen and oxygen atoms in total. The number of hydrogen-bond donors (Lipinski definition) is 0. The monoisotopic (exact) mass is 360 g/mol. The smallest absolute Gasteiger partial charge is 0.308 e. The molecule has 142 valence electrons. The lowest BCUT2D eigenvalue weighted by atomic mass is 10.1. The summed E-state index contributed by atoms with van der Waals surface area (Å²) < 4.78 is 7.40. The molecule has 0 aromatic carbocycles. The first-order valence-corrected chi connectivity index (χ1v) is 9.67. The van der Waals surface area contributed by atoms with Crippen LogP contribution < -0.4 is 12.4 Å². The molecular formula is C19H37ClN2O2. The number of halogens is 1. The number of nitrogens with zero attached hydrogens (tertiary/aromatic N) is 2. The Hall–Kier alpha value is -0.770. The highest BCUT2D eigenvalue weighted by atomic mass is 35.5. The fraction of sp³-hybridized carbons (Fsp3) is 0.895. The largest absolute Gasteiger partial charge is 1.00 e. The van der Waals surface area contributed by atoms with Crippen LogP contribution in [0.25, 0.3) is 0 Å². The Kier molecular flexibility index (Phi) is 15.2. The summed E-state index contributed by atoms with van der Waals surface area (Å²) in [6, 6.07) is 0. The third-order valence-electron chi connectivity index (χ3n) is 4.48. The molecular weight excluding hydrogens is 324 g/mol. The number of carbonyl (C=O) groups is 1. The second-order valence-electron chi connectivity index (χ2n) is 6.84. The van der Waals surface area contributed by atoms with Gasteiger partial charge in [0.2, 0.25) is 13.1 Å². The first-order chi connectivity index (χ1) is 11.2. The van der Waals surface area contributed by atoms with E-state index in [0.29, 0.717) is 13.2 Å². The van der Waals surface area contributed by atoms with Gasteiger partial charge in [0.1, 0.15) is 13.1 Å². The summed E-state index contributed by atoms with van der Waals surface area (Å²) in [4.78, 5) is 13.7. The average Bonchev–Trinajstić information content (AvgIpc) is 2.96. The van der Waals surface area contributed by atoms with E-state index >= 15 is 0 Å². The van der Waals surface area contributed by atoms with Gasteiger partial charge in [-0.05, 0) is 6.42 Å². The second kappa shape index (κ2) is 15.7. The zero-order chi connectivity index (χ0) is 16.8. The zero-order valence-electron chi connectivity index (χ0n) is 15.8. The van der Waals surface area contributed by atoms with Crippen molar-refractivity contribution in [1.29, 1.82) is 0 Å². The molecule has 0 atom stereocenters. The van der Waals surface area contributed by atoms with Crippen molar-refractivity contribution >= 4 is 12.3 Å². The fourth-order valence-electron chi connectivity index (χ4n) is 2.94. The van der Waals surface area contributed by atoms with Crippen molar-refractivity contribution in [2.45, 2.75) is 84.0 Å². The van der Waals surface area contributed by atoms with Crippen LogP contribution in [-0.2, 0) is 9.53 Å². The summed E-state index contributed by atoms with van der Waals surface area (Å²) in [5.41, 5.74) is 0. The first kappa shape index (κ1) is 23.2. The van der Waals surface area contributed by atoms with Crippen LogP contribution in [0.15, 0.2) is 0 Å². The van der Waals surface area contributed by atoms with E-state index in [4.69, 9.17) is 4.74 Å². The second-order valence-corrected chi connectivity index (χ2v) is 6.84. The summed E-state index contributed by atoms with van der Waals surface area (Å²) in [6.07, 6.45) is 17.0. The molecule has 0 N–H and O–H groups in total. The van der Waals surface area contributed by atoms with Gasteiger partial charge < -0.3 is 17.1 Å². The quantitative estimate of drug-likeness (QED) is 0.265. The highest BCUT2D eigenvalue weighted by Gasteiger charge is 2.17. The van der Waals surface area contributed by atoms with Gasteiger partial charge in [0.05, 0.1) is 7.05 Å². The van der Waals surface area contributed by atoms with Gasteiger partial charge in [-0.25, -0.2) is 4.90 Å². The molecule has 1 aliphatic heterocycles. The highest BCUT2D eigenvalue weighted by Crippen LogP contribution is 2.12. The number of carbonyl (C=O) groups excluding carboxylic acids is 1. The van der Waals surface area contributed by atoms with Crippen LogP contribution >= 0.6 is 0 Å². The summed E-state index contributed by atoms with van der Waals surface area (Å²) in [6.45, 7) is 4.62. The minimum Gasteiger partial charge on any atom is -1.00 e. The fourth-order valence-corrected chi connectivity index (χ4v) is 2.94. The van der Waals surface area contributed by atoms with E-state index in [2.05, 4.69) is 11.5 Å². The predicted molar refractivity (Wildman–Crippen MR) is 95.9 cm³/mol. The summed E-state index contributed by atoms with van der Waals surface area (Å²) in [5.74, 6) is -0.0520. The molecule has 0 bridgehead atoms. The number of ether oxygens (including phenoxy) is 1. The van der Waals surface area contributed by atoms with Crippen LogP contribution in [0.3, 0.4) is 0 Å². The maximum Gasteiger partial charge on any atom is 0.308 e. The van der Waals surface area contributed by atoms with E-state index in [-0.39, 0.29) is 18.4 Å². The lowest BCUT2D eigenvalue weighted by Gasteiger charge is -2.08. The summed E-state index contributed by atoms with van der Waals surface area (Å²) in [7, 11) is 2.03. The molecule has 0 spiro atoms. The summed E-state index contributed by atoms with van der Waals surface area (Å²) in [5, 5.41) is 0. The highest BCUT2D eigenvalue weighted by molar-refractivity contribution is 5.69. The zero-order valence-corrected chi connectivity index (χ0v) is 16.5. The maximum atomic E-state index is 11.7. The average molecular weight is 361 g/mol. The predicted octanol–water partition coefficient (Wildman–Crippen LogP) is 1.18. The summed E-state index contributed by atoms with van der Waals surface area (Å²) >= 11 is 0. The van der Waals surface area contributed by atoms with Gasteiger partial charge in [0.25, 0.3) is 0 Å². The van der Waals surface area contributed by atoms with Crippen LogP contribution in [0.2, 0.25) is 0 Å². The van der Waals surface area contributed by atoms with E-state index in [9.17, 15) is 4.79 Å². The number of hydrogen-bond acceptors (Lipinski definition) is 3. The molecule has 1 aliphatic rings. The third-order valence-corrected chi connectivity index (χ3v) is 4.48. The minimum absolute atomic E-state index is 0. The maximum absolute atomic E-state index is 11.7. The van der Waals surface area contributed by atoms with Crippen molar-refractivity contribution in [2.75, 3.05) is 26.9 Å². The molecule has 24 heavy (non-hydrogen) atoms. The van der Waals surface area contributed by atoms with Crippen molar-refractivity contribution in [3.05, 3.63) is 0 Å². The molecule has 0 aromatic rings. The van der Waals surface area contributed by atoms with Gasteiger partial charge in [-0.15, -0.1) is 0 Å². The molecule has 0 fully saturated rings. The number of esters is 1. The van der Waals surface area contributed by atoms with Crippen molar-refractivity contribution in [3.63, 3.8) is 0 Å². The Morgan fingerprint density at radius 3 is 2.04 bits per heavy atom. The molecule has 0 unspecified atom stereocenters. The van der Waals surface area contributed by atoms with Crippen molar-refractivity contribution in [1.82, 2.24) is 4.90 Å². The lowest BCUT2D eigenvalue weighted by Crippen LogP contribution is -3.00. The molecule has 0 saturated carbocycles. The van der Waals surface area contributed by atoms with E-state index in [1.165, 1.54) is 57.8 Å². The van der Waals surface area contributed by atoms with Crippen LogP contribution in [0.4, 0.5) is 0 Å². The molecule has 1 heterocycles. The van der Waals surface area contributed by atoms with Crippen molar-refractivity contribution in [3.8, 4) is 0 Å². The Labute approximate surface area is 155 Å². The van der Waals surface area contributed by atoms with Gasteiger partial charge in [0, 0.05) is 6.42 Å². The molecule has 0 aromatic heterocycles. The van der Waals surface area contributed by atoms with E-state index < -0.39 is 0 Å². The van der Waals surface area contributed by atoms with E-state index in [1.807, 2.05) is 18.3 Å². The Bertz CT molecular complexity index is 348. The number of unbranched alkanes of at least 4 members (excludes halogenated alkanes) is 10. The Morgan fingerprint density at radius 1 is 1.00 bits per heavy atom. The van der Waals surface area contributed by atoms with Gasteiger partial charge in [0.15, 0.2) is 0 Å². The van der Waals surface area contributed by atoms with Crippen LogP contribution in [0, 0.1) is 0 Å². The van der Waals surface area contributed by atoms with Crippen LogP contribution in [0.5, 0.6) is 0 Å². The standard InChI is InChI=1S/C19H37N2O2.ClH/c1-3-4-5-6-7-8-9-10-11-12-13-14-19(22)23-18-21-16-15-20(2)17-21;/h17H,3-16,18H2,1-2H3;1H/q+1;/p-1. The lowest BCUT2D eigenvalue weighted by molar-refractivity contribution is -0.482. The topological polar surface area (TPSA) is 32.5 Å². The molecule has 0 saturated heterocycles. The molecule has 5 heteroatoms. The number of likely N-dealkylation sites (N-methyl/N-ethyl adjacent to an activating group) is 1. The normalized spacial score (nSPS) is 13.6. The van der Waals surface area contributed by atoms with Gasteiger partial charge in [-0.3, -0.25) is 9.37 Å². The van der Waals surface area contributed by atoms with Crippen LogP contribution in [-0.4, -0.2) is 48.7 Å². The van der Waals surface area contributed by atoms with Gasteiger partial charge in [-0.2, -0.15) is 0 Å². The Balaban J connectivity index is 0.00000529. The molecule has 1 rings (SSSR count). The van der Waals surface area contributed by atoms with Gasteiger partial charge in [-0.1, -0.05) is 71.1 Å². The van der Waals surface area contributed by atoms with E-state index in [1.54, 1.807) is 0 Å². The van der Waals surface area contributed by atoms with Crippen LogP contribution in [0.1, 0.15) is 84.0 Å². The number of rotatable bonds is 14. The van der Waals surface area contributed by atoms with Crippen molar-refractivity contribution < 1.29 is 26.5 Å². The molecule has 0 amide bonds. The van der Waals surface area contributed by atoms with E-state index in [0.717, 1.165) is 25.9 Å². The third kappa shape index (κ3) is 12.6. The SMILES string of the molecule is CCCCCCCCCCCCCC(=O)OCN1C=[N+](C)CC1.[Cl-]. The Morgan fingerprint density at radius 2 is 1.54 bits per heavy atom. The van der Waals surface area contributed by atoms with Crippen molar-refractivity contribution in [2.24, 2.45) is 0 Å². The molecule has 0 radical (unpaired) electrons. The van der Waals surface area contributed by atoms with Gasteiger partial charge >= 0.3 is 5.97 Å². The molecule has 0 aliphatic carbocycles. The minimum atomic E-state index is -0.0520. The first-order valence-electron chi connectivity index (χ1n) is 9.67.